The molecule has 0 aromatic heterocycles. The van der Waals surface area contributed by atoms with Crippen LogP contribution in [0.25, 0.3) is 0 Å². The van der Waals surface area contributed by atoms with Crippen LogP contribution in [0, 0.1) is 10.8 Å². The van der Waals surface area contributed by atoms with Gasteiger partial charge in [-0.3, -0.25) is 0 Å². The minimum atomic E-state index is -0.997. The minimum absolute atomic E-state index is 0. The van der Waals surface area contributed by atoms with E-state index < -0.39 is 22.9 Å². The van der Waals surface area contributed by atoms with E-state index in [9.17, 15) is 0 Å². The molecule has 0 heterocycles. The minimum Gasteiger partial charge on any atom is -1.00 e. The van der Waals surface area contributed by atoms with Crippen LogP contribution in [0.3, 0.4) is 0 Å². The van der Waals surface area contributed by atoms with Crippen LogP contribution in [0.5, 0.6) is 0 Å². The van der Waals surface area contributed by atoms with Crippen molar-refractivity contribution in [3.05, 3.63) is 40.1 Å². The number of hydrogen-bond donors (Lipinski definition) is 0. The molecule has 116 valence electrons. The first-order valence-electron chi connectivity index (χ1n) is 8.00. The Kier molecular flexibility index (Phi) is 4.24. The molecule has 2 rings (SSSR count). The summed E-state index contributed by atoms with van der Waals surface area (Å²) in [6.07, 6.45) is 0. The van der Waals surface area contributed by atoms with Crippen LogP contribution >= 0.6 is 0 Å². The van der Waals surface area contributed by atoms with Crippen molar-refractivity contribution in [3.63, 3.8) is 0 Å². The van der Waals surface area contributed by atoms with Gasteiger partial charge in [-0.1, -0.05) is 0 Å². The monoisotopic (exact) mass is 452 g/mol. The first-order chi connectivity index (χ1) is 9.44. The molecule has 0 aromatic carbocycles. The smallest absolute Gasteiger partial charge is 1.00 e. The quantitative estimate of drug-likeness (QED) is 0.416. The molecule has 0 atom stereocenters. The molecule has 0 bridgehead atoms. The number of rotatable bonds is 2. The van der Waals surface area contributed by atoms with Gasteiger partial charge in [0.2, 0.25) is 0 Å². The van der Waals surface area contributed by atoms with Crippen molar-refractivity contribution in [2.75, 3.05) is 0 Å². The van der Waals surface area contributed by atoms with Gasteiger partial charge in [0.1, 0.15) is 0 Å². The maximum absolute atomic E-state index is 2.44. The van der Waals surface area contributed by atoms with E-state index in [4.69, 9.17) is 0 Å². The molecular formula is C20H32Hf. The fourth-order valence-electron chi connectivity index (χ4n) is 3.81. The third-order valence-electron chi connectivity index (χ3n) is 6.38. The summed E-state index contributed by atoms with van der Waals surface area (Å²) >= 11 is -0.997. The average molecular weight is 451 g/mol. The molecule has 1 heteroatoms. The predicted molar refractivity (Wildman–Crippen MR) is 91.9 cm³/mol. The molecule has 0 saturated carbocycles. The Morgan fingerprint density at radius 1 is 0.571 bits per heavy atom. The fraction of sp³-hybridized carbons (Fsp3) is 0.600. The average Bonchev–Trinajstić information content (AvgIpc) is 2.63. The van der Waals surface area contributed by atoms with E-state index in [0.29, 0.717) is 10.8 Å². The molecule has 0 amide bonds. The SMILES string of the molecule is CC1=C(C)C(C)(C)[C]([Hf+2][C]2=C(C)C(C)=C(C)C2(C)C)=C1C.[H-].[H-]. The zero-order valence-electron chi connectivity index (χ0n) is 17.5. The normalized spacial score (nSPS) is 24.5. The van der Waals surface area contributed by atoms with Gasteiger partial charge < -0.3 is 2.85 Å². The standard InChI is InChI=1S/2C10H15.Hf.2H/c2*1-7-6-10(4,5)9(3)8(7)2;;;/h2*1-5H3;;;/q;;+2;2*-1. The van der Waals surface area contributed by atoms with E-state index in [2.05, 4.69) is 69.2 Å². The van der Waals surface area contributed by atoms with Gasteiger partial charge in [-0.05, 0) is 0 Å². The summed E-state index contributed by atoms with van der Waals surface area (Å²) in [5.41, 5.74) is 10.1. The molecule has 0 fully saturated rings. The first kappa shape index (κ1) is 17.2. The summed E-state index contributed by atoms with van der Waals surface area (Å²) < 4.78 is 3.64. The summed E-state index contributed by atoms with van der Waals surface area (Å²) in [6, 6.07) is 0. The molecule has 2 aliphatic carbocycles. The van der Waals surface area contributed by atoms with Gasteiger partial charge in [0.25, 0.3) is 0 Å². The summed E-state index contributed by atoms with van der Waals surface area (Å²) in [6.45, 7) is 23.8. The maximum atomic E-state index is 2.44. The Bertz CT molecular complexity index is 585. The van der Waals surface area contributed by atoms with Gasteiger partial charge in [-0.2, -0.15) is 0 Å². The number of allylic oxidation sites excluding steroid dienone is 8. The van der Waals surface area contributed by atoms with Gasteiger partial charge in [0, 0.05) is 0 Å². The van der Waals surface area contributed by atoms with Crippen molar-refractivity contribution >= 4 is 0 Å². The van der Waals surface area contributed by atoms with Gasteiger partial charge in [0.05, 0.1) is 0 Å². The van der Waals surface area contributed by atoms with Crippen LogP contribution in [0.4, 0.5) is 0 Å². The molecule has 0 unspecified atom stereocenters. The second kappa shape index (κ2) is 5.18. The summed E-state index contributed by atoms with van der Waals surface area (Å²) in [5, 5.41) is 0. The zero-order chi connectivity index (χ0) is 16.3. The fourth-order valence-corrected chi connectivity index (χ4v) is 11.0. The van der Waals surface area contributed by atoms with Crippen molar-refractivity contribution in [1.82, 2.24) is 0 Å². The second-order valence-electron chi connectivity index (χ2n) is 7.88. The van der Waals surface area contributed by atoms with Crippen LogP contribution in [-0.4, -0.2) is 0 Å². The zero-order valence-corrected chi connectivity index (χ0v) is 19.1. The van der Waals surface area contributed by atoms with Gasteiger partial charge in [-0.25, -0.2) is 0 Å². The Balaban J connectivity index is 0.00000242. The van der Waals surface area contributed by atoms with Crippen molar-refractivity contribution in [2.45, 2.75) is 69.2 Å². The molecule has 0 aliphatic heterocycles. The van der Waals surface area contributed by atoms with Crippen molar-refractivity contribution < 1.29 is 25.8 Å². The molecule has 0 radical (unpaired) electrons. The number of hydrogen-bond acceptors (Lipinski definition) is 0. The summed E-state index contributed by atoms with van der Waals surface area (Å²) in [7, 11) is 0. The first-order valence-corrected chi connectivity index (χ1v) is 11.6. The summed E-state index contributed by atoms with van der Waals surface area (Å²) in [4.78, 5) is 0. The van der Waals surface area contributed by atoms with E-state index in [1.807, 2.05) is 6.66 Å². The Hall–Kier alpha value is -0.170. The van der Waals surface area contributed by atoms with Gasteiger partial charge in [0.15, 0.2) is 0 Å². The van der Waals surface area contributed by atoms with Crippen LogP contribution in [0.15, 0.2) is 40.1 Å². The molecule has 0 spiro atoms. The third kappa shape index (κ3) is 2.35. The maximum Gasteiger partial charge on any atom is -1.00 e. The van der Waals surface area contributed by atoms with Crippen molar-refractivity contribution in [1.29, 1.82) is 0 Å². The molecule has 21 heavy (non-hydrogen) atoms. The Morgan fingerprint density at radius 2 is 0.857 bits per heavy atom. The Labute approximate surface area is 145 Å². The van der Waals surface area contributed by atoms with E-state index in [-0.39, 0.29) is 2.85 Å². The van der Waals surface area contributed by atoms with Gasteiger partial charge in [-0.15, -0.1) is 0 Å². The van der Waals surface area contributed by atoms with Crippen LogP contribution < -0.4 is 0 Å². The topological polar surface area (TPSA) is 0 Å². The summed E-state index contributed by atoms with van der Waals surface area (Å²) in [5.74, 6) is 0. The molecule has 2 aliphatic rings. The third-order valence-corrected chi connectivity index (χ3v) is 15.4. The van der Waals surface area contributed by atoms with Gasteiger partial charge >= 0.3 is 143 Å². The van der Waals surface area contributed by atoms with Crippen molar-refractivity contribution in [3.8, 4) is 0 Å². The molecule has 0 aromatic rings. The van der Waals surface area contributed by atoms with E-state index >= 15 is 0 Å². The van der Waals surface area contributed by atoms with E-state index in [1.165, 1.54) is 0 Å². The van der Waals surface area contributed by atoms with Crippen LogP contribution in [-0.2, 0) is 22.9 Å². The largest absolute Gasteiger partial charge is 1.00 e. The molecule has 0 saturated heterocycles. The van der Waals surface area contributed by atoms with Crippen molar-refractivity contribution in [2.24, 2.45) is 10.8 Å². The molecule has 0 N–H and O–H groups in total. The Morgan fingerprint density at radius 3 is 1.05 bits per heavy atom. The van der Waals surface area contributed by atoms with Crippen LogP contribution in [0.2, 0.25) is 0 Å². The van der Waals surface area contributed by atoms with Crippen LogP contribution in [0.1, 0.15) is 72.1 Å². The molecular weight excluding hydrogens is 419 g/mol. The predicted octanol–water partition coefficient (Wildman–Crippen LogP) is 6.59. The van der Waals surface area contributed by atoms with E-state index in [0.717, 1.165) is 0 Å². The van der Waals surface area contributed by atoms with E-state index in [1.54, 1.807) is 33.4 Å². The second-order valence-corrected chi connectivity index (χ2v) is 12.4. The molecule has 0 nitrogen and oxygen atoms in total.